The highest BCUT2D eigenvalue weighted by Crippen LogP contribution is 2.29. The molecule has 128 valence electrons. The van der Waals surface area contributed by atoms with Crippen molar-refractivity contribution in [2.75, 3.05) is 0 Å². The normalized spacial score (nSPS) is 13.0. The van der Waals surface area contributed by atoms with Crippen molar-refractivity contribution in [3.8, 4) is 5.82 Å². The van der Waals surface area contributed by atoms with E-state index < -0.39 is 17.3 Å². The molecule has 9 heteroatoms. The van der Waals surface area contributed by atoms with Gasteiger partial charge >= 0.3 is 6.18 Å². The molecule has 3 rings (SSSR count). The van der Waals surface area contributed by atoms with Crippen molar-refractivity contribution in [3.05, 3.63) is 70.8 Å². The van der Waals surface area contributed by atoms with Gasteiger partial charge in [0.05, 0.1) is 17.2 Å². The average Bonchev–Trinajstić information content (AvgIpc) is 3.19. The van der Waals surface area contributed by atoms with Crippen molar-refractivity contribution in [3.63, 3.8) is 0 Å². The summed E-state index contributed by atoms with van der Waals surface area (Å²) < 4.78 is 40.9. The molecular weight excluding hydrogens is 335 g/mol. The topological polar surface area (TPSA) is 79.4 Å². The smallest absolute Gasteiger partial charge is 0.267 e. The molecular formula is C16H12F3N5O. The van der Waals surface area contributed by atoms with Gasteiger partial charge < -0.3 is 0 Å². The highest BCUT2D eigenvalue weighted by molar-refractivity contribution is 5.86. The van der Waals surface area contributed by atoms with E-state index in [1.807, 2.05) is 0 Å². The van der Waals surface area contributed by atoms with Crippen molar-refractivity contribution < 1.29 is 13.2 Å². The minimum atomic E-state index is -4.58. The van der Waals surface area contributed by atoms with E-state index in [-0.39, 0.29) is 16.6 Å². The van der Waals surface area contributed by atoms with E-state index in [2.05, 4.69) is 26.9 Å². The summed E-state index contributed by atoms with van der Waals surface area (Å²) in [6.45, 7) is 3.36. The van der Waals surface area contributed by atoms with E-state index in [1.165, 1.54) is 35.3 Å². The number of alkyl halides is 3. The molecule has 0 unspecified atom stereocenters. The SMILES string of the molecule is C=C/C=C\C(=C\c1ccnc2c1c(=O)[nH]n2-c1ccn[nH]1)C(F)(F)F. The number of halogens is 3. The molecule has 0 aliphatic carbocycles. The molecule has 6 nitrogen and oxygen atoms in total. The van der Waals surface area contributed by atoms with Gasteiger partial charge in [-0.1, -0.05) is 24.8 Å². The fourth-order valence-corrected chi connectivity index (χ4v) is 2.31. The number of pyridine rings is 1. The summed E-state index contributed by atoms with van der Waals surface area (Å²) in [5, 5.41) is 9.01. The van der Waals surface area contributed by atoms with Crippen LogP contribution in [0, 0.1) is 0 Å². The van der Waals surface area contributed by atoms with E-state index >= 15 is 0 Å². The van der Waals surface area contributed by atoms with E-state index in [4.69, 9.17) is 0 Å². The second kappa shape index (κ2) is 6.27. The molecule has 3 heterocycles. The van der Waals surface area contributed by atoms with Crippen molar-refractivity contribution in [2.24, 2.45) is 0 Å². The first-order chi connectivity index (χ1) is 11.9. The lowest BCUT2D eigenvalue weighted by molar-refractivity contribution is -0.0872. The standard InChI is InChI=1S/C16H12F3N5O/c1-2-3-4-11(16(17,18)19)9-10-5-7-20-14-13(10)15(25)23-24(14)12-6-8-21-22-12/h2-9H,1H2,(H,21,22)(H,23,25)/b4-3-,11-9-. The molecule has 3 aromatic rings. The third kappa shape index (κ3) is 3.16. The lowest BCUT2D eigenvalue weighted by atomic mass is 10.1. The monoisotopic (exact) mass is 347 g/mol. The zero-order valence-electron chi connectivity index (χ0n) is 12.7. The van der Waals surface area contributed by atoms with Gasteiger partial charge in [-0.3, -0.25) is 15.0 Å². The van der Waals surface area contributed by atoms with Crippen LogP contribution in [0.15, 0.2) is 59.7 Å². The number of aromatic nitrogens is 5. The molecule has 25 heavy (non-hydrogen) atoms. The molecule has 0 fully saturated rings. The first-order valence-corrected chi connectivity index (χ1v) is 7.09. The van der Waals surface area contributed by atoms with Crippen LogP contribution >= 0.6 is 0 Å². The van der Waals surface area contributed by atoms with Crippen LogP contribution < -0.4 is 5.56 Å². The fourth-order valence-electron chi connectivity index (χ4n) is 2.31. The molecule has 0 aliphatic rings. The maximum atomic E-state index is 13.2. The molecule has 0 saturated heterocycles. The number of nitrogens with zero attached hydrogens (tertiary/aromatic N) is 3. The Hall–Kier alpha value is -3.36. The van der Waals surface area contributed by atoms with Crippen molar-refractivity contribution in [1.29, 1.82) is 0 Å². The Balaban J connectivity index is 2.24. The van der Waals surface area contributed by atoms with Gasteiger partial charge in [0, 0.05) is 12.3 Å². The number of allylic oxidation sites excluding steroid dienone is 4. The van der Waals surface area contributed by atoms with Crippen LogP contribution in [-0.2, 0) is 0 Å². The highest BCUT2D eigenvalue weighted by Gasteiger charge is 2.32. The van der Waals surface area contributed by atoms with E-state index in [0.29, 0.717) is 5.82 Å². The van der Waals surface area contributed by atoms with Gasteiger partial charge in [0.1, 0.15) is 5.82 Å². The molecule has 0 aliphatic heterocycles. The lowest BCUT2D eigenvalue weighted by Crippen LogP contribution is -2.10. The third-order valence-corrected chi connectivity index (χ3v) is 3.39. The minimum absolute atomic E-state index is 0.0471. The second-order valence-electron chi connectivity index (χ2n) is 5.01. The molecule has 0 amide bonds. The van der Waals surface area contributed by atoms with E-state index in [9.17, 15) is 18.0 Å². The van der Waals surface area contributed by atoms with Gasteiger partial charge in [-0.2, -0.15) is 18.3 Å². The Bertz CT molecular complexity index is 1020. The van der Waals surface area contributed by atoms with Crippen LogP contribution in [0.1, 0.15) is 5.56 Å². The zero-order valence-corrected chi connectivity index (χ0v) is 12.7. The maximum absolute atomic E-state index is 13.2. The predicted molar refractivity (Wildman–Crippen MR) is 87.2 cm³/mol. The molecule has 0 radical (unpaired) electrons. The van der Waals surface area contributed by atoms with Crippen LogP contribution in [-0.4, -0.2) is 31.1 Å². The summed E-state index contributed by atoms with van der Waals surface area (Å²) in [6.07, 6.45) is 2.44. The lowest BCUT2D eigenvalue weighted by Gasteiger charge is -2.08. The Morgan fingerprint density at radius 2 is 2.08 bits per heavy atom. The van der Waals surface area contributed by atoms with Crippen molar-refractivity contribution >= 4 is 17.1 Å². The quantitative estimate of drug-likeness (QED) is 0.712. The molecule has 0 atom stereocenters. The Morgan fingerprint density at radius 1 is 1.28 bits per heavy atom. The van der Waals surface area contributed by atoms with Crippen LogP contribution in [0.4, 0.5) is 13.2 Å². The van der Waals surface area contributed by atoms with Crippen LogP contribution in [0.5, 0.6) is 0 Å². The predicted octanol–water partition coefficient (Wildman–Crippen LogP) is 3.12. The van der Waals surface area contributed by atoms with Gasteiger partial charge in [-0.25, -0.2) is 9.67 Å². The number of rotatable bonds is 4. The Labute approximate surface area is 139 Å². The highest BCUT2D eigenvalue weighted by atomic mass is 19.4. The molecule has 0 aromatic carbocycles. The summed E-state index contributed by atoms with van der Waals surface area (Å²) >= 11 is 0. The number of fused-ring (bicyclic) bond motifs is 1. The molecule has 0 bridgehead atoms. The van der Waals surface area contributed by atoms with E-state index in [0.717, 1.165) is 12.2 Å². The van der Waals surface area contributed by atoms with Gasteiger partial charge in [-0.15, -0.1) is 0 Å². The van der Waals surface area contributed by atoms with Gasteiger partial charge in [0.15, 0.2) is 5.65 Å². The second-order valence-corrected chi connectivity index (χ2v) is 5.01. The first-order valence-electron chi connectivity index (χ1n) is 7.09. The molecule has 2 N–H and O–H groups in total. The first kappa shape index (κ1) is 16.5. The number of H-pyrrole nitrogens is 2. The van der Waals surface area contributed by atoms with Gasteiger partial charge in [0.25, 0.3) is 5.56 Å². The van der Waals surface area contributed by atoms with Crippen LogP contribution in [0.3, 0.4) is 0 Å². The fraction of sp³-hybridized carbons (Fsp3) is 0.0625. The van der Waals surface area contributed by atoms with Crippen LogP contribution in [0.2, 0.25) is 0 Å². The summed E-state index contributed by atoms with van der Waals surface area (Å²) in [6, 6.07) is 2.94. The molecule has 0 saturated carbocycles. The maximum Gasteiger partial charge on any atom is 0.416 e. The van der Waals surface area contributed by atoms with Crippen molar-refractivity contribution in [2.45, 2.75) is 6.18 Å². The summed E-state index contributed by atoms with van der Waals surface area (Å²) in [7, 11) is 0. The van der Waals surface area contributed by atoms with E-state index in [1.54, 1.807) is 6.07 Å². The average molecular weight is 347 g/mol. The largest absolute Gasteiger partial charge is 0.416 e. The summed E-state index contributed by atoms with van der Waals surface area (Å²) in [4.78, 5) is 16.4. The van der Waals surface area contributed by atoms with Crippen LogP contribution in [0.25, 0.3) is 22.9 Å². The van der Waals surface area contributed by atoms with Gasteiger partial charge in [-0.05, 0) is 17.7 Å². The number of hydrogen-bond acceptors (Lipinski definition) is 3. The summed E-state index contributed by atoms with van der Waals surface area (Å²) in [5.74, 6) is 0.434. The minimum Gasteiger partial charge on any atom is -0.267 e. The molecule has 3 aromatic heterocycles. The van der Waals surface area contributed by atoms with Gasteiger partial charge in [0.2, 0.25) is 0 Å². The Morgan fingerprint density at radius 3 is 2.72 bits per heavy atom. The number of hydrogen-bond donors (Lipinski definition) is 2. The van der Waals surface area contributed by atoms with Crippen molar-refractivity contribution in [1.82, 2.24) is 25.0 Å². The zero-order chi connectivity index (χ0) is 18.0. The number of nitrogens with one attached hydrogen (secondary N) is 2. The number of aromatic amines is 2. The summed E-state index contributed by atoms with van der Waals surface area (Å²) in [5.41, 5.74) is -1.17. The Kier molecular flexibility index (Phi) is 4.14. The molecule has 0 spiro atoms. The third-order valence-electron chi connectivity index (χ3n) is 3.39.